The van der Waals surface area contributed by atoms with Gasteiger partial charge in [-0.1, -0.05) is 19.9 Å². The molecule has 0 N–H and O–H groups in total. The molecule has 2 rings (SSSR count). The van der Waals surface area contributed by atoms with Gasteiger partial charge in [0.1, 0.15) is 11.2 Å². The minimum atomic E-state index is -0.275. The average molecular weight is 332 g/mol. The van der Waals surface area contributed by atoms with Crippen LogP contribution in [0.25, 0.3) is 0 Å². The minimum absolute atomic E-state index is 0.0109. The lowest BCUT2D eigenvalue weighted by Crippen LogP contribution is -2.31. The summed E-state index contributed by atoms with van der Waals surface area (Å²) < 4.78 is 13.7. The van der Waals surface area contributed by atoms with Crippen LogP contribution in [0.3, 0.4) is 0 Å². The second-order valence-corrected chi connectivity index (χ2v) is 6.70. The Labute approximate surface area is 119 Å². The highest BCUT2D eigenvalue weighted by Crippen LogP contribution is 2.39. The molecular weight excluding hydrogens is 317 g/mol. The molecule has 0 radical (unpaired) electrons. The lowest BCUT2D eigenvalue weighted by atomic mass is 10.1. The quantitative estimate of drug-likeness (QED) is 0.839. The first-order chi connectivity index (χ1) is 8.49. The van der Waals surface area contributed by atoms with E-state index in [4.69, 9.17) is 0 Å². The lowest BCUT2D eigenvalue weighted by molar-refractivity contribution is -0.128. The van der Waals surface area contributed by atoms with Crippen molar-refractivity contribution in [2.45, 2.75) is 19.2 Å². The summed E-state index contributed by atoms with van der Waals surface area (Å²) in [4.78, 5) is 13.7. The van der Waals surface area contributed by atoms with Crippen molar-refractivity contribution in [2.75, 3.05) is 12.3 Å². The molecular formula is C13H15BrFNOS. The van der Waals surface area contributed by atoms with Crippen LogP contribution in [0.2, 0.25) is 0 Å². The third-order valence-corrected chi connectivity index (χ3v) is 4.62. The maximum absolute atomic E-state index is 13.2. The molecule has 1 unspecified atom stereocenters. The molecule has 0 aromatic heterocycles. The first-order valence-electron chi connectivity index (χ1n) is 5.85. The number of rotatable bonds is 3. The number of hydrogen-bond acceptors (Lipinski definition) is 2. The van der Waals surface area contributed by atoms with E-state index in [9.17, 15) is 9.18 Å². The van der Waals surface area contributed by atoms with E-state index in [0.29, 0.717) is 16.1 Å². The van der Waals surface area contributed by atoms with Crippen LogP contribution < -0.4 is 0 Å². The number of hydrogen-bond donors (Lipinski definition) is 0. The SMILES string of the molecule is CC(C)CN1C(=O)CSC1c1ccc(F)c(Br)c1. The van der Waals surface area contributed by atoms with Crippen molar-refractivity contribution < 1.29 is 9.18 Å². The van der Waals surface area contributed by atoms with Crippen LogP contribution in [0, 0.1) is 11.7 Å². The average Bonchev–Trinajstić information content (AvgIpc) is 2.64. The topological polar surface area (TPSA) is 20.3 Å². The summed E-state index contributed by atoms with van der Waals surface area (Å²) in [6.45, 7) is 4.92. The molecule has 1 aromatic carbocycles. The summed E-state index contributed by atoms with van der Waals surface area (Å²) in [5, 5.41) is 0.0109. The van der Waals surface area contributed by atoms with Gasteiger partial charge in [0.05, 0.1) is 10.2 Å². The number of halogens is 2. The number of amides is 1. The number of carbonyl (C=O) groups is 1. The standard InChI is InChI=1S/C13H15BrFNOS/c1-8(2)6-16-12(17)7-18-13(16)9-3-4-11(15)10(14)5-9/h3-5,8,13H,6-7H2,1-2H3. The first-order valence-corrected chi connectivity index (χ1v) is 7.69. The number of benzene rings is 1. The predicted molar refractivity (Wildman–Crippen MR) is 75.9 cm³/mol. The van der Waals surface area contributed by atoms with Crippen molar-refractivity contribution in [3.8, 4) is 0 Å². The van der Waals surface area contributed by atoms with Gasteiger partial charge in [-0.3, -0.25) is 4.79 Å². The Kier molecular flexibility index (Phi) is 4.33. The second kappa shape index (κ2) is 5.61. The van der Waals surface area contributed by atoms with Crippen molar-refractivity contribution >= 4 is 33.6 Å². The van der Waals surface area contributed by atoms with E-state index in [1.165, 1.54) is 6.07 Å². The van der Waals surface area contributed by atoms with E-state index in [1.807, 2.05) is 4.90 Å². The van der Waals surface area contributed by atoms with E-state index >= 15 is 0 Å². The maximum atomic E-state index is 13.2. The van der Waals surface area contributed by atoms with Gasteiger partial charge in [-0.05, 0) is 39.5 Å². The first kappa shape index (κ1) is 13.9. The van der Waals surface area contributed by atoms with Gasteiger partial charge in [-0.2, -0.15) is 0 Å². The Morgan fingerprint density at radius 3 is 2.89 bits per heavy atom. The second-order valence-electron chi connectivity index (χ2n) is 4.78. The summed E-state index contributed by atoms with van der Waals surface area (Å²) in [7, 11) is 0. The highest BCUT2D eigenvalue weighted by molar-refractivity contribution is 9.10. The molecule has 1 aromatic rings. The van der Waals surface area contributed by atoms with Crippen molar-refractivity contribution in [2.24, 2.45) is 5.92 Å². The van der Waals surface area contributed by atoms with Crippen LogP contribution in [0.15, 0.2) is 22.7 Å². The zero-order chi connectivity index (χ0) is 13.3. The molecule has 1 amide bonds. The minimum Gasteiger partial charge on any atom is -0.326 e. The van der Waals surface area contributed by atoms with E-state index in [-0.39, 0.29) is 17.1 Å². The highest BCUT2D eigenvalue weighted by Gasteiger charge is 2.33. The summed E-state index contributed by atoms with van der Waals surface area (Å²) >= 11 is 4.79. The molecule has 0 aliphatic carbocycles. The monoisotopic (exact) mass is 331 g/mol. The largest absolute Gasteiger partial charge is 0.326 e. The molecule has 0 bridgehead atoms. The number of carbonyl (C=O) groups excluding carboxylic acids is 1. The van der Waals surface area contributed by atoms with E-state index < -0.39 is 0 Å². The van der Waals surface area contributed by atoms with Gasteiger partial charge in [-0.25, -0.2) is 4.39 Å². The third kappa shape index (κ3) is 2.88. The summed E-state index contributed by atoms with van der Waals surface area (Å²) in [6.07, 6.45) is 0. The van der Waals surface area contributed by atoms with Crippen LogP contribution in [0.5, 0.6) is 0 Å². The zero-order valence-corrected chi connectivity index (χ0v) is 12.7. The van der Waals surface area contributed by atoms with Crippen LogP contribution in [-0.2, 0) is 4.79 Å². The van der Waals surface area contributed by atoms with Crippen LogP contribution in [-0.4, -0.2) is 23.1 Å². The Morgan fingerprint density at radius 2 is 2.28 bits per heavy atom. The molecule has 98 valence electrons. The van der Waals surface area contributed by atoms with Crippen LogP contribution in [0.4, 0.5) is 4.39 Å². The van der Waals surface area contributed by atoms with Crippen molar-refractivity contribution in [1.29, 1.82) is 0 Å². The van der Waals surface area contributed by atoms with E-state index in [2.05, 4.69) is 29.8 Å². The van der Waals surface area contributed by atoms with Gasteiger partial charge in [0.15, 0.2) is 0 Å². The maximum Gasteiger partial charge on any atom is 0.233 e. The zero-order valence-electron chi connectivity index (χ0n) is 10.3. The highest BCUT2D eigenvalue weighted by atomic mass is 79.9. The molecule has 1 atom stereocenters. The fraction of sp³-hybridized carbons (Fsp3) is 0.462. The fourth-order valence-corrected chi connectivity index (χ4v) is 3.57. The van der Waals surface area contributed by atoms with Crippen molar-refractivity contribution in [3.63, 3.8) is 0 Å². The van der Waals surface area contributed by atoms with Gasteiger partial charge in [-0.15, -0.1) is 11.8 Å². The van der Waals surface area contributed by atoms with Gasteiger partial charge in [0.2, 0.25) is 5.91 Å². The Hall–Kier alpha value is -0.550. The molecule has 1 saturated heterocycles. The lowest BCUT2D eigenvalue weighted by Gasteiger charge is -2.26. The third-order valence-electron chi connectivity index (χ3n) is 2.76. The van der Waals surface area contributed by atoms with E-state index in [1.54, 1.807) is 23.9 Å². The molecule has 1 fully saturated rings. The Morgan fingerprint density at radius 1 is 1.56 bits per heavy atom. The summed E-state index contributed by atoms with van der Waals surface area (Å²) in [6, 6.07) is 4.96. The van der Waals surface area contributed by atoms with Crippen LogP contribution in [0.1, 0.15) is 24.8 Å². The van der Waals surface area contributed by atoms with Gasteiger partial charge < -0.3 is 4.90 Å². The molecule has 2 nitrogen and oxygen atoms in total. The van der Waals surface area contributed by atoms with E-state index in [0.717, 1.165) is 12.1 Å². The van der Waals surface area contributed by atoms with Gasteiger partial charge >= 0.3 is 0 Å². The molecule has 0 spiro atoms. The predicted octanol–water partition coefficient (Wildman–Crippen LogP) is 3.82. The summed E-state index contributed by atoms with van der Waals surface area (Å²) in [5.74, 6) is 0.827. The molecule has 1 aliphatic rings. The Bertz CT molecular complexity index is 466. The smallest absolute Gasteiger partial charge is 0.233 e. The molecule has 1 heterocycles. The number of nitrogens with zero attached hydrogens (tertiary/aromatic N) is 1. The summed E-state index contributed by atoms with van der Waals surface area (Å²) in [5.41, 5.74) is 0.972. The normalized spacial score (nSPS) is 19.9. The van der Waals surface area contributed by atoms with Crippen molar-refractivity contribution in [3.05, 3.63) is 34.1 Å². The molecule has 0 saturated carbocycles. The van der Waals surface area contributed by atoms with Crippen molar-refractivity contribution in [1.82, 2.24) is 4.90 Å². The number of thioether (sulfide) groups is 1. The molecule has 5 heteroatoms. The van der Waals surface area contributed by atoms with Crippen LogP contribution >= 0.6 is 27.7 Å². The Balaban J connectivity index is 2.25. The fourth-order valence-electron chi connectivity index (χ4n) is 1.99. The van der Waals surface area contributed by atoms with Gasteiger partial charge in [0.25, 0.3) is 0 Å². The molecule has 18 heavy (non-hydrogen) atoms. The molecule has 1 aliphatic heterocycles. The van der Waals surface area contributed by atoms with Gasteiger partial charge in [0, 0.05) is 6.54 Å².